The summed E-state index contributed by atoms with van der Waals surface area (Å²) in [5.41, 5.74) is 3.14. The van der Waals surface area contributed by atoms with Gasteiger partial charge in [0, 0.05) is 0 Å². The zero-order chi connectivity index (χ0) is 16.7. The van der Waals surface area contributed by atoms with Crippen molar-refractivity contribution in [3.05, 3.63) is 65.7 Å². The standard InChI is InChI=1S/C19H22N3Se/c1-4-22(5-2)19(23)21-18(16-9-7-6-8-10-16)20-17-13-11-15(3)12-14-17/h6-14H,4-5H2,1-3H3. The summed E-state index contributed by atoms with van der Waals surface area (Å²) in [6.07, 6.45) is 0. The molecule has 0 bridgehead atoms. The van der Waals surface area contributed by atoms with Gasteiger partial charge in [-0.15, -0.1) is 0 Å². The third-order valence-corrected chi connectivity index (χ3v) is 4.27. The molecule has 0 amide bonds. The van der Waals surface area contributed by atoms with E-state index in [1.54, 1.807) is 0 Å². The van der Waals surface area contributed by atoms with Crippen molar-refractivity contribution in [2.75, 3.05) is 13.1 Å². The molecule has 0 N–H and O–H groups in total. The van der Waals surface area contributed by atoms with Crippen LogP contribution in [0.1, 0.15) is 25.0 Å². The molecule has 0 aromatic heterocycles. The Hall–Kier alpha value is -1.90. The van der Waals surface area contributed by atoms with Crippen LogP contribution in [0.5, 0.6) is 0 Å². The number of rotatable bonds is 4. The Bertz CT molecular complexity index is 672. The molecule has 4 heteroatoms. The normalized spacial score (nSPS) is 12.3. The van der Waals surface area contributed by atoms with Gasteiger partial charge in [0.15, 0.2) is 0 Å². The Morgan fingerprint density at radius 3 is 2.13 bits per heavy atom. The molecule has 0 spiro atoms. The van der Waals surface area contributed by atoms with Crippen LogP contribution in [0.3, 0.4) is 0 Å². The summed E-state index contributed by atoms with van der Waals surface area (Å²) in [7, 11) is 0. The maximum absolute atomic E-state index is 4.74. The molecular weight excluding hydrogens is 349 g/mol. The van der Waals surface area contributed by atoms with E-state index < -0.39 is 0 Å². The molecule has 2 aromatic rings. The first-order chi connectivity index (χ1) is 11.1. The van der Waals surface area contributed by atoms with E-state index in [-0.39, 0.29) is 0 Å². The van der Waals surface area contributed by atoms with Gasteiger partial charge in [-0.2, -0.15) is 0 Å². The van der Waals surface area contributed by atoms with Crippen molar-refractivity contribution < 1.29 is 0 Å². The van der Waals surface area contributed by atoms with Crippen molar-refractivity contribution in [2.24, 2.45) is 9.98 Å². The molecule has 0 heterocycles. The van der Waals surface area contributed by atoms with Crippen LogP contribution in [0.15, 0.2) is 64.6 Å². The van der Waals surface area contributed by atoms with E-state index in [9.17, 15) is 0 Å². The molecule has 0 aliphatic heterocycles. The molecule has 119 valence electrons. The SMILES string of the molecule is CCN(CC)C([Se])=NC(=Nc1ccc(C)cc1)c1ccccc1. The van der Waals surface area contributed by atoms with Gasteiger partial charge in [-0.25, -0.2) is 0 Å². The maximum atomic E-state index is 4.74. The fourth-order valence-corrected chi connectivity index (χ4v) is 2.86. The van der Waals surface area contributed by atoms with E-state index in [0.717, 1.165) is 34.9 Å². The third-order valence-electron chi connectivity index (χ3n) is 3.54. The minimum atomic E-state index is 0.718. The van der Waals surface area contributed by atoms with Gasteiger partial charge in [-0.05, 0) is 0 Å². The van der Waals surface area contributed by atoms with Crippen LogP contribution in [0.4, 0.5) is 5.69 Å². The van der Waals surface area contributed by atoms with Crippen molar-refractivity contribution in [2.45, 2.75) is 20.8 Å². The second kappa shape index (κ2) is 8.66. The van der Waals surface area contributed by atoms with Gasteiger partial charge in [0.2, 0.25) is 0 Å². The van der Waals surface area contributed by atoms with Crippen molar-refractivity contribution >= 4 is 32.3 Å². The van der Waals surface area contributed by atoms with Crippen LogP contribution in [0.25, 0.3) is 0 Å². The molecule has 0 atom stereocenters. The number of aliphatic imine (C=N–C) groups is 2. The second-order valence-corrected chi connectivity index (χ2v) is 5.97. The molecule has 1 radical (unpaired) electrons. The number of amidine groups is 2. The zero-order valence-corrected chi connectivity index (χ0v) is 15.6. The van der Waals surface area contributed by atoms with Gasteiger partial charge < -0.3 is 0 Å². The molecule has 0 unspecified atom stereocenters. The topological polar surface area (TPSA) is 28.0 Å². The Balaban J connectivity index is 2.44. The third kappa shape index (κ3) is 5.05. The van der Waals surface area contributed by atoms with E-state index in [2.05, 4.69) is 53.8 Å². The van der Waals surface area contributed by atoms with Gasteiger partial charge in [0.25, 0.3) is 0 Å². The molecule has 0 fully saturated rings. The average Bonchev–Trinajstić information content (AvgIpc) is 2.58. The van der Waals surface area contributed by atoms with Crippen LogP contribution < -0.4 is 0 Å². The van der Waals surface area contributed by atoms with E-state index in [1.807, 2.05) is 42.5 Å². The van der Waals surface area contributed by atoms with Crippen molar-refractivity contribution in [1.82, 2.24) is 4.90 Å². The molecule has 23 heavy (non-hydrogen) atoms. The molecule has 0 saturated heterocycles. The van der Waals surface area contributed by atoms with Gasteiger partial charge in [-0.1, -0.05) is 0 Å². The summed E-state index contributed by atoms with van der Waals surface area (Å²) in [6, 6.07) is 18.2. The number of benzene rings is 2. The molecule has 2 aromatic carbocycles. The molecule has 0 aliphatic carbocycles. The molecule has 2 rings (SSSR count). The van der Waals surface area contributed by atoms with Gasteiger partial charge >= 0.3 is 147 Å². The fourth-order valence-electron chi connectivity index (χ4n) is 2.14. The Morgan fingerprint density at radius 2 is 1.57 bits per heavy atom. The van der Waals surface area contributed by atoms with Crippen molar-refractivity contribution in [3.8, 4) is 0 Å². The van der Waals surface area contributed by atoms with E-state index in [4.69, 9.17) is 9.98 Å². The van der Waals surface area contributed by atoms with Crippen LogP contribution >= 0.6 is 0 Å². The number of hydrogen-bond donors (Lipinski definition) is 0. The Labute approximate surface area is 147 Å². The number of aryl methyl sites for hydroxylation is 1. The minimum absolute atomic E-state index is 0.718. The van der Waals surface area contributed by atoms with Crippen molar-refractivity contribution in [1.29, 1.82) is 0 Å². The number of hydrogen-bond acceptors (Lipinski definition) is 1. The quantitative estimate of drug-likeness (QED) is 0.455. The second-order valence-electron chi connectivity index (χ2n) is 5.20. The molecular formula is C19H22N3Se. The Kier molecular flexibility index (Phi) is 6.57. The fraction of sp³-hybridized carbons (Fsp3) is 0.263. The van der Waals surface area contributed by atoms with E-state index >= 15 is 0 Å². The summed E-state index contributed by atoms with van der Waals surface area (Å²) < 4.78 is 0.865. The molecule has 0 saturated carbocycles. The predicted molar refractivity (Wildman–Crippen MR) is 99.9 cm³/mol. The monoisotopic (exact) mass is 372 g/mol. The van der Waals surface area contributed by atoms with Crippen LogP contribution in [0.2, 0.25) is 0 Å². The average molecular weight is 371 g/mol. The van der Waals surface area contributed by atoms with E-state index in [1.165, 1.54) is 5.56 Å². The predicted octanol–water partition coefficient (Wildman–Crippen LogP) is 3.94. The van der Waals surface area contributed by atoms with Crippen LogP contribution in [-0.2, 0) is 0 Å². The van der Waals surface area contributed by atoms with Gasteiger partial charge in [0.1, 0.15) is 0 Å². The first-order valence-electron chi connectivity index (χ1n) is 7.85. The van der Waals surface area contributed by atoms with Gasteiger partial charge in [-0.3, -0.25) is 0 Å². The molecule has 0 aliphatic rings. The van der Waals surface area contributed by atoms with E-state index in [0.29, 0.717) is 0 Å². The summed E-state index contributed by atoms with van der Waals surface area (Å²) >= 11 is 3.07. The summed E-state index contributed by atoms with van der Waals surface area (Å²) in [5, 5.41) is 0. The number of nitrogens with zero attached hydrogens (tertiary/aromatic N) is 3. The van der Waals surface area contributed by atoms with Crippen molar-refractivity contribution in [3.63, 3.8) is 0 Å². The van der Waals surface area contributed by atoms with Gasteiger partial charge in [0.05, 0.1) is 0 Å². The first kappa shape index (κ1) is 17.5. The summed E-state index contributed by atoms with van der Waals surface area (Å²) in [4.78, 5) is 11.7. The zero-order valence-electron chi connectivity index (χ0n) is 13.9. The van der Waals surface area contributed by atoms with Crippen LogP contribution in [-0.4, -0.2) is 44.6 Å². The summed E-state index contributed by atoms with van der Waals surface area (Å²) in [6.45, 7) is 8.14. The first-order valence-corrected chi connectivity index (χ1v) is 8.71. The van der Waals surface area contributed by atoms with Crippen LogP contribution in [0, 0.1) is 6.92 Å². The summed E-state index contributed by atoms with van der Waals surface area (Å²) in [5.74, 6) is 0.718. The Morgan fingerprint density at radius 1 is 0.957 bits per heavy atom. The molecule has 3 nitrogen and oxygen atoms in total.